The van der Waals surface area contributed by atoms with Crippen LogP contribution in [0.5, 0.6) is 5.88 Å². The molecule has 3 aromatic rings. The molecule has 27 heavy (non-hydrogen) atoms. The Morgan fingerprint density at radius 2 is 1.67 bits per heavy atom. The third-order valence-electron chi connectivity index (χ3n) is 4.51. The lowest BCUT2D eigenvalue weighted by molar-refractivity contribution is 0.367. The highest BCUT2D eigenvalue weighted by molar-refractivity contribution is 6.30. The third kappa shape index (κ3) is 2.93. The van der Waals surface area contributed by atoms with E-state index in [1.807, 2.05) is 31.2 Å². The molecule has 134 valence electrons. The standard InChI is InChI=1S/C20H14Cl2N4O/c1-11-17-18(12-2-4-13(21)5-3-12)16(10-23)19(24)27-20(17)26(25-11)15-8-6-14(22)7-9-15/h2-9,18H,24H2,1H3/t18-/m0/s1. The van der Waals surface area contributed by atoms with Gasteiger partial charge in [-0.15, -0.1) is 0 Å². The molecule has 0 saturated heterocycles. The van der Waals surface area contributed by atoms with E-state index in [1.54, 1.807) is 28.9 Å². The number of aromatic nitrogens is 2. The SMILES string of the molecule is Cc1nn(-c2ccc(Cl)cc2)c2c1[C@@H](c1ccc(Cl)cc1)C(C#N)=C(N)O2. The number of nitrogens with two attached hydrogens (primary N) is 1. The molecule has 1 aliphatic heterocycles. The number of aryl methyl sites for hydroxylation is 1. The van der Waals surface area contributed by atoms with Gasteiger partial charge in [0.1, 0.15) is 11.6 Å². The topological polar surface area (TPSA) is 76.9 Å². The average molecular weight is 397 g/mol. The van der Waals surface area contributed by atoms with Crippen LogP contribution >= 0.6 is 23.2 Å². The number of fused-ring (bicyclic) bond motifs is 1. The van der Waals surface area contributed by atoms with Gasteiger partial charge in [-0.05, 0) is 48.9 Å². The Kier molecular flexibility index (Phi) is 4.31. The largest absolute Gasteiger partial charge is 0.422 e. The van der Waals surface area contributed by atoms with Gasteiger partial charge in [0, 0.05) is 10.0 Å². The van der Waals surface area contributed by atoms with E-state index in [-0.39, 0.29) is 11.8 Å². The molecule has 5 nitrogen and oxygen atoms in total. The van der Waals surface area contributed by atoms with Crippen LogP contribution in [0.15, 0.2) is 60.0 Å². The number of rotatable bonds is 2. The maximum atomic E-state index is 9.68. The van der Waals surface area contributed by atoms with Crippen LogP contribution in [0.1, 0.15) is 22.7 Å². The molecule has 0 aliphatic carbocycles. The molecule has 1 aromatic heterocycles. The minimum absolute atomic E-state index is 0.0695. The number of benzene rings is 2. The number of nitrogens with zero attached hydrogens (tertiary/aromatic N) is 3. The van der Waals surface area contributed by atoms with Crippen LogP contribution in [0.25, 0.3) is 5.69 Å². The van der Waals surface area contributed by atoms with Crippen molar-refractivity contribution in [3.8, 4) is 17.6 Å². The second-order valence-electron chi connectivity index (χ2n) is 6.17. The highest BCUT2D eigenvalue weighted by Gasteiger charge is 2.36. The molecule has 2 N–H and O–H groups in total. The summed E-state index contributed by atoms with van der Waals surface area (Å²) in [5.74, 6) is 0.184. The fraction of sp³-hybridized carbons (Fsp3) is 0.100. The molecule has 1 aliphatic rings. The zero-order valence-electron chi connectivity index (χ0n) is 14.3. The van der Waals surface area contributed by atoms with Gasteiger partial charge in [0.05, 0.1) is 22.9 Å². The first-order chi connectivity index (χ1) is 13.0. The first-order valence-electron chi connectivity index (χ1n) is 8.18. The van der Waals surface area contributed by atoms with Gasteiger partial charge in [0.2, 0.25) is 11.8 Å². The molecule has 0 spiro atoms. The Hall–Kier alpha value is -2.94. The first-order valence-corrected chi connectivity index (χ1v) is 8.93. The minimum Gasteiger partial charge on any atom is -0.422 e. The molecule has 4 rings (SSSR count). The van der Waals surface area contributed by atoms with Crippen molar-refractivity contribution >= 4 is 23.2 Å². The Bertz CT molecular complexity index is 1090. The van der Waals surface area contributed by atoms with Gasteiger partial charge in [-0.3, -0.25) is 0 Å². The lowest BCUT2D eigenvalue weighted by Gasteiger charge is -2.25. The summed E-state index contributed by atoms with van der Waals surface area (Å²) in [5.41, 5.74) is 9.67. The number of ether oxygens (including phenoxy) is 1. The smallest absolute Gasteiger partial charge is 0.229 e. The molecule has 0 fully saturated rings. The predicted molar refractivity (Wildman–Crippen MR) is 104 cm³/mol. The van der Waals surface area contributed by atoms with E-state index in [4.69, 9.17) is 33.7 Å². The Labute approximate surface area is 166 Å². The summed E-state index contributed by atoms with van der Waals surface area (Å²) in [4.78, 5) is 0. The van der Waals surface area contributed by atoms with Crippen LogP contribution in [0.4, 0.5) is 0 Å². The summed E-state index contributed by atoms with van der Waals surface area (Å²) in [5, 5.41) is 15.6. The van der Waals surface area contributed by atoms with Gasteiger partial charge in [-0.1, -0.05) is 35.3 Å². The van der Waals surface area contributed by atoms with Crippen molar-refractivity contribution in [2.24, 2.45) is 5.73 Å². The van der Waals surface area contributed by atoms with Crippen LogP contribution < -0.4 is 10.5 Å². The van der Waals surface area contributed by atoms with E-state index in [9.17, 15) is 5.26 Å². The van der Waals surface area contributed by atoms with Gasteiger partial charge >= 0.3 is 0 Å². The molecule has 0 bridgehead atoms. The molecule has 7 heteroatoms. The Morgan fingerprint density at radius 3 is 2.26 bits per heavy atom. The number of nitriles is 1. The molecular formula is C20H14Cl2N4O. The number of allylic oxidation sites excluding steroid dienone is 1. The summed E-state index contributed by atoms with van der Waals surface area (Å²) in [6, 6.07) is 16.8. The molecule has 2 aromatic carbocycles. The molecule has 0 radical (unpaired) electrons. The average Bonchev–Trinajstić information content (AvgIpc) is 2.98. The van der Waals surface area contributed by atoms with Gasteiger partial charge in [-0.2, -0.15) is 10.4 Å². The van der Waals surface area contributed by atoms with E-state index in [0.29, 0.717) is 21.5 Å². The van der Waals surface area contributed by atoms with E-state index in [1.165, 1.54) is 0 Å². The summed E-state index contributed by atoms with van der Waals surface area (Å²) >= 11 is 12.0. The van der Waals surface area contributed by atoms with Crippen LogP contribution in [0.3, 0.4) is 0 Å². The fourth-order valence-corrected chi connectivity index (χ4v) is 3.51. The Balaban J connectivity index is 1.93. The zero-order chi connectivity index (χ0) is 19.1. The normalized spacial score (nSPS) is 15.9. The molecule has 1 atom stereocenters. The van der Waals surface area contributed by atoms with Crippen LogP contribution in [-0.2, 0) is 0 Å². The van der Waals surface area contributed by atoms with E-state index in [2.05, 4.69) is 11.2 Å². The van der Waals surface area contributed by atoms with Crippen molar-refractivity contribution in [3.05, 3.63) is 86.9 Å². The molecule has 0 amide bonds. The fourth-order valence-electron chi connectivity index (χ4n) is 3.26. The molecule has 2 heterocycles. The number of halogens is 2. The summed E-state index contributed by atoms with van der Waals surface area (Å²) in [7, 11) is 0. The van der Waals surface area contributed by atoms with E-state index >= 15 is 0 Å². The zero-order valence-corrected chi connectivity index (χ0v) is 15.8. The van der Waals surface area contributed by atoms with Crippen molar-refractivity contribution in [1.82, 2.24) is 9.78 Å². The van der Waals surface area contributed by atoms with Crippen molar-refractivity contribution in [1.29, 1.82) is 5.26 Å². The van der Waals surface area contributed by atoms with Crippen molar-refractivity contribution in [2.45, 2.75) is 12.8 Å². The quantitative estimate of drug-likeness (QED) is 0.680. The maximum Gasteiger partial charge on any atom is 0.229 e. The van der Waals surface area contributed by atoms with E-state index in [0.717, 1.165) is 22.5 Å². The summed E-state index contributed by atoms with van der Waals surface area (Å²) in [6.07, 6.45) is 0. The van der Waals surface area contributed by atoms with Crippen molar-refractivity contribution < 1.29 is 4.74 Å². The summed E-state index contributed by atoms with van der Waals surface area (Å²) in [6.45, 7) is 1.88. The third-order valence-corrected chi connectivity index (χ3v) is 5.01. The molecular weight excluding hydrogens is 383 g/mol. The first kappa shape index (κ1) is 17.5. The van der Waals surface area contributed by atoms with Gasteiger partial charge in [-0.25, -0.2) is 4.68 Å². The predicted octanol–water partition coefficient (Wildman–Crippen LogP) is 4.71. The van der Waals surface area contributed by atoms with Crippen molar-refractivity contribution in [2.75, 3.05) is 0 Å². The monoisotopic (exact) mass is 396 g/mol. The number of hydrogen-bond donors (Lipinski definition) is 1. The lowest BCUT2D eigenvalue weighted by atomic mass is 9.84. The second kappa shape index (κ2) is 6.66. The van der Waals surface area contributed by atoms with Crippen LogP contribution in [0.2, 0.25) is 10.0 Å². The van der Waals surface area contributed by atoms with Gasteiger partial charge < -0.3 is 10.5 Å². The Morgan fingerprint density at radius 1 is 1.07 bits per heavy atom. The number of hydrogen-bond acceptors (Lipinski definition) is 4. The summed E-state index contributed by atoms with van der Waals surface area (Å²) < 4.78 is 7.50. The van der Waals surface area contributed by atoms with Gasteiger partial charge in [0.25, 0.3) is 0 Å². The second-order valence-corrected chi connectivity index (χ2v) is 7.04. The highest BCUT2D eigenvalue weighted by atomic mass is 35.5. The van der Waals surface area contributed by atoms with Crippen LogP contribution in [-0.4, -0.2) is 9.78 Å². The highest BCUT2D eigenvalue weighted by Crippen LogP contribution is 2.44. The molecule has 0 saturated carbocycles. The van der Waals surface area contributed by atoms with E-state index < -0.39 is 0 Å². The van der Waals surface area contributed by atoms with Crippen LogP contribution in [0, 0.1) is 18.3 Å². The minimum atomic E-state index is -0.378. The molecule has 0 unspecified atom stereocenters. The maximum absolute atomic E-state index is 9.68. The van der Waals surface area contributed by atoms with Gasteiger partial charge in [0.15, 0.2) is 0 Å². The van der Waals surface area contributed by atoms with Crippen molar-refractivity contribution in [3.63, 3.8) is 0 Å². The lowest BCUT2D eigenvalue weighted by Crippen LogP contribution is -2.22.